The Morgan fingerprint density at radius 2 is 2.11 bits per heavy atom. The highest BCUT2D eigenvalue weighted by Gasteiger charge is 2.15. The van der Waals surface area contributed by atoms with Gasteiger partial charge in [0.05, 0.1) is 0 Å². The van der Waals surface area contributed by atoms with Gasteiger partial charge in [0.15, 0.2) is 11.6 Å². The van der Waals surface area contributed by atoms with Crippen LogP contribution in [0.25, 0.3) is 11.1 Å². The number of benzene rings is 1. The Hall–Kier alpha value is -3.17. The summed E-state index contributed by atoms with van der Waals surface area (Å²) in [6.07, 6.45) is 6.29. The number of pyridine rings is 2. The fourth-order valence-corrected chi connectivity index (χ4v) is 2.90. The van der Waals surface area contributed by atoms with Crippen LogP contribution in [0.4, 0.5) is 4.39 Å². The van der Waals surface area contributed by atoms with E-state index in [1.807, 2.05) is 13.0 Å². The average Bonchev–Trinajstić information content (AvgIpc) is 2.70. The van der Waals surface area contributed by atoms with Crippen molar-refractivity contribution in [2.24, 2.45) is 0 Å². The normalized spacial score (nSPS) is 10.5. The molecule has 7 heteroatoms. The van der Waals surface area contributed by atoms with E-state index in [1.165, 1.54) is 35.2 Å². The Balaban J connectivity index is 1.96. The summed E-state index contributed by atoms with van der Waals surface area (Å²) in [5, 5.41) is 9.72. The Kier molecular flexibility index (Phi) is 6.07. The number of aromatic nitrogens is 2. The number of hydrogen-bond acceptors (Lipinski definition) is 4. The van der Waals surface area contributed by atoms with Crippen LogP contribution in [0.2, 0.25) is 5.02 Å². The van der Waals surface area contributed by atoms with Crippen molar-refractivity contribution in [3.63, 3.8) is 0 Å². The van der Waals surface area contributed by atoms with Crippen molar-refractivity contribution in [3.05, 3.63) is 75.7 Å². The minimum Gasteiger partial charge on any atom is -0.453 e. The summed E-state index contributed by atoms with van der Waals surface area (Å²) in [6, 6.07) is 9.40. The maximum Gasteiger partial charge on any atom is 0.269 e. The lowest BCUT2D eigenvalue weighted by Crippen LogP contribution is -2.22. The fourth-order valence-electron chi connectivity index (χ4n) is 2.74. The minimum atomic E-state index is -0.635. The molecule has 28 heavy (non-hydrogen) atoms. The highest BCUT2D eigenvalue weighted by atomic mass is 35.5. The van der Waals surface area contributed by atoms with Gasteiger partial charge in [0.2, 0.25) is 0 Å². The molecule has 0 unspecified atom stereocenters. The standard InChI is InChI=1S/C21H17ClFN3O2/c1-2-3-9-26-10-7-15(16(12-24)21(26)27)14-4-5-20(18(23)11-14)28-19-6-8-25-13-17(19)22/h4-8,10-11,13H,2-3,9H2,1H3. The van der Waals surface area contributed by atoms with Crippen LogP contribution < -0.4 is 10.3 Å². The molecule has 0 fully saturated rings. The van der Waals surface area contributed by atoms with E-state index >= 15 is 0 Å². The Morgan fingerprint density at radius 3 is 2.79 bits per heavy atom. The molecule has 0 N–H and O–H groups in total. The number of nitrogens with zero attached hydrogens (tertiary/aromatic N) is 3. The smallest absolute Gasteiger partial charge is 0.269 e. The van der Waals surface area contributed by atoms with Crippen LogP contribution in [-0.2, 0) is 6.54 Å². The zero-order valence-corrected chi connectivity index (χ0v) is 15.9. The topological polar surface area (TPSA) is 67.9 Å². The lowest BCUT2D eigenvalue weighted by molar-refractivity contribution is 0.442. The minimum absolute atomic E-state index is 0.0103. The summed E-state index contributed by atoms with van der Waals surface area (Å²) in [4.78, 5) is 16.4. The molecule has 142 valence electrons. The summed E-state index contributed by atoms with van der Waals surface area (Å²) in [5.74, 6) is -0.379. The van der Waals surface area contributed by atoms with Gasteiger partial charge < -0.3 is 9.30 Å². The van der Waals surface area contributed by atoms with Gasteiger partial charge in [-0.2, -0.15) is 5.26 Å². The van der Waals surface area contributed by atoms with Crippen LogP contribution in [0.3, 0.4) is 0 Å². The van der Waals surface area contributed by atoms with Crippen molar-refractivity contribution in [2.75, 3.05) is 0 Å². The number of halogens is 2. The summed E-state index contributed by atoms with van der Waals surface area (Å²) in [7, 11) is 0. The van der Waals surface area contributed by atoms with Crippen LogP contribution in [0, 0.1) is 17.1 Å². The van der Waals surface area contributed by atoms with E-state index in [1.54, 1.807) is 18.3 Å². The van der Waals surface area contributed by atoms with E-state index in [0.717, 1.165) is 12.8 Å². The first-order valence-electron chi connectivity index (χ1n) is 8.76. The molecular weight excluding hydrogens is 381 g/mol. The second-order valence-corrected chi connectivity index (χ2v) is 6.53. The van der Waals surface area contributed by atoms with Gasteiger partial charge in [-0.1, -0.05) is 31.0 Å². The van der Waals surface area contributed by atoms with E-state index in [2.05, 4.69) is 4.98 Å². The van der Waals surface area contributed by atoms with Crippen molar-refractivity contribution < 1.29 is 9.13 Å². The molecule has 0 amide bonds. The first-order valence-corrected chi connectivity index (χ1v) is 9.13. The first-order chi connectivity index (χ1) is 13.5. The number of nitriles is 1. The molecule has 0 saturated heterocycles. The molecular formula is C21H17ClFN3O2. The van der Waals surface area contributed by atoms with Gasteiger partial charge in [0.1, 0.15) is 22.4 Å². The molecule has 0 bridgehead atoms. The summed E-state index contributed by atoms with van der Waals surface area (Å²) in [6.45, 7) is 2.56. The van der Waals surface area contributed by atoms with E-state index in [4.69, 9.17) is 16.3 Å². The summed E-state index contributed by atoms with van der Waals surface area (Å²) >= 11 is 5.98. The number of hydrogen-bond donors (Lipinski definition) is 0. The second-order valence-electron chi connectivity index (χ2n) is 6.12. The molecule has 0 saturated carbocycles. The highest BCUT2D eigenvalue weighted by molar-refractivity contribution is 6.31. The van der Waals surface area contributed by atoms with Crippen molar-refractivity contribution in [1.29, 1.82) is 5.26 Å². The van der Waals surface area contributed by atoms with Crippen molar-refractivity contribution in [1.82, 2.24) is 9.55 Å². The molecule has 2 heterocycles. The number of rotatable bonds is 6. The van der Waals surface area contributed by atoms with E-state index in [9.17, 15) is 14.4 Å². The second kappa shape index (κ2) is 8.68. The lowest BCUT2D eigenvalue weighted by atomic mass is 10.0. The van der Waals surface area contributed by atoms with Crippen LogP contribution in [0.5, 0.6) is 11.5 Å². The Bertz CT molecular complexity index is 1110. The predicted octanol–water partition coefficient (Wildman–Crippen LogP) is 5.17. The predicted molar refractivity (Wildman–Crippen MR) is 105 cm³/mol. The number of ether oxygens (including phenoxy) is 1. The molecule has 3 aromatic rings. The maximum absolute atomic E-state index is 14.6. The molecule has 0 radical (unpaired) electrons. The van der Waals surface area contributed by atoms with Crippen molar-refractivity contribution in [2.45, 2.75) is 26.3 Å². The van der Waals surface area contributed by atoms with Gasteiger partial charge in [-0.3, -0.25) is 9.78 Å². The average molecular weight is 398 g/mol. The quantitative estimate of drug-likeness (QED) is 0.575. The number of aryl methyl sites for hydroxylation is 1. The Labute approximate surface area is 166 Å². The first kappa shape index (κ1) is 19.6. The van der Waals surface area contributed by atoms with Crippen LogP contribution in [0.1, 0.15) is 25.3 Å². The zero-order valence-electron chi connectivity index (χ0n) is 15.2. The van der Waals surface area contributed by atoms with Crippen molar-refractivity contribution >= 4 is 11.6 Å². The van der Waals surface area contributed by atoms with E-state index in [0.29, 0.717) is 17.7 Å². The zero-order chi connectivity index (χ0) is 20.1. The molecule has 3 rings (SSSR count). The highest BCUT2D eigenvalue weighted by Crippen LogP contribution is 2.32. The van der Waals surface area contributed by atoms with Gasteiger partial charge >= 0.3 is 0 Å². The molecule has 0 aliphatic carbocycles. The van der Waals surface area contributed by atoms with Gasteiger partial charge in [0, 0.05) is 36.8 Å². The van der Waals surface area contributed by atoms with Crippen LogP contribution in [-0.4, -0.2) is 9.55 Å². The van der Waals surface area contributed by atoms with Crippen LogP contribution in [0.15, 0.2) is 53.7 Å². The third kappa shape index (κ3) is 4.05. The largest absolute Gasteiger partial charge is 0.453 e. The SMILES string of the molecule is CCCCn1ccc(-c2ccc(Oc3ccncc3Cl)c(F)c2)c(C#N)c1=O. The van der Waals surface area contributed by atoms with Gasteiger partial charge in [-0.05, 0) is 30.2 Å². The summed E-state index contributed by atoms with van der Waals surface area (Å²) in [5.41, 5.74) is 0.413. The molecule has 0 spiro atoms. The lowest BCUT2D eigenvalue weighted by Gasteiger charge is -2.11. The third-order valence-corrected chi connectivity index (χ3v) is 4.51. The Morgan fingerprint density at radius 1 is 1.29 bits per heavy atom. The van der Waals surface area contributed by atoms with Gasteiger partial charge in [-0.25, -0.2) is 4.39 Å². The third-order valence-electron chi connectivity index (χ3n) is 4.23. The molecule has 0 aliphatic rings. The summed E-state index contributed by atoms with van der Waals surface area (Å²) < 4.78 is 21.6. The monoisotopic (exact) mass is 397 g/mol. The molecule has 5 nitrogen and oxygen atoms in total. The maximum atomic E-state index is 14.6. The van der Waals surface area contributed by atoms with Crippen LogP contribution >= 0.6 is 11.6 Å². The molecule has 2 aromatic heterocycles. The van der Waals surface area contributed by atoms with Gasteiger partial charge in [-0.15, -0.1) is 0 Å². The van der Waals surface area contributed by atoms with Crippen molar-refractivity contribution in [3.8, 4) is 28.7 Å². The number of unbranched alkanes of at least 4 members (excludes halogenated alkanes) is 1. The van der Waals surface area contributed by atoms with Gasteiger partial charge in [0.25, 0.3) is 5.56 Å². The van der Waals surface area contributed by atoms with E-state index in [-0.39, 0.29) is 27.6 Å². The molecule has 1 aromatic carbocycles. The molecule has 0 aliphatic heterocycles. The fraction of sp³-hybridized carbons (Fsp3) is 0.190. The van der Waals surface area contributed by atoms with E-state index < -0.39 is 5.82 Å². The molecule has 0 atom stereocenters.